The van der Waals surface area contributed by atoms with Crippen molar-refractivity contribution in [1.82, 2.24) is 0 Å². The monoisotopic (exact) mass is 218 g/mol. The quantitative estimate of drug-likeness (QED) is 0.632. The van der Waals surface area contributed by atoms with Crippen LogP contribution >= 0.6 is 0 Å². The molecule has 1 aliphatic heterocycles. The van der Waals surface area contributed by atoms with Crippen LogP contribution in [0.2, 0.25) is 0 Å². The van der Waals surface area contributed by atoms with Crippen LogP contribution in [0.4, 0.5) is 0 Å². The summed E-state index contributed by atoms with van der Waals surface area (Å²) in [5, 5.41) is 19.4. The highest BCUT2D eigenvalue weighted by molar-refractivity contribution is 4.88. The van der Waals surface area contributed by atoms with E-state index in [4.69, 9.17) is 14.2 Å². The lowest BCUT2D eigenvalue weighted by Gasteiger charge is -2.40. The summed E-state index contributed by atoms with van der Waals surface area (Å²) in [6.07, 6.45) is -2.26. The maximum atomic E-state index is 9.77. The van der Waals surface area contributed by atoms with E-state index in [1.54, 1.807) is 13.0 Å². The number of ether oxygens (including phenoxy) is 3. The van der Waals surface area contributed by atoms with Gasteiger partial charge in [0.1, 0.15) is 18.3 Å². The second kappa shape index (κ2) is 5.58. The number of aliphatic hydroxyl groups excluding tert-OH is 2. The molecule has 0 aromatic rings. The SMILES string of the molecule is C=CCO[C@H]1[C@H](OC)O[C@@H](C)[C@H](O)[C@H]1O. The van der Waals surface area contributed by atoms with Crippen molar-refractivity contribution in [3.8, 4) is 0 Å². The Morgan fingerprint density at radius 3 is 2.60 bits per heavy atom. The summed E-state index contributed by atoms with van der Waals surface area (Å²) in [6.45, 7) is 5.44. The largest absolute Gasteiger partial charge is 0.388 e. The summed E-state index contributed by atoms with van der Waals surface area (Å²) in [4.78, 5) is 0. The van der Waals surface area contributed by atoms with Crippen LogP contribution < -0.4 is 0 Å². The van der Waals surface area contributed by atoms with E-state index in [0.29, 0.717) is 0 Å². The topological polar surface area (TPSA) is 68.2 Å². The van der Waals surface area contributed by atoms with Gasteiger partial charge in [-0.05, 0) is 6.92 Å². The highest BCUT2D eigenvalue weighted by Gasteiger charge is 2.43. The number of hydrogen-bond acceptors (Lipinski definition) is 5. The van der Waals surface area contributed by atoms with Crippen LogP contribution in [-0.4, -0.2) is 54.6 Å². The van der Waals surface area contributed by atoms with Crippen molar-refractivity contribution in [2.75, 3.05) is 13.7 Å². The molecule has 0 bridgehead atoms. The molecule has 0 radical (unpaired) electrons. The molecule has 1 aliphatic rings. The standard InChI is InChI=1S/C10H18O5/c1-4-5-14-9-8(12)7(11)6(2)15-10(9)13-3/h4,6-12H,1,5H2,2-3H3/t6-,7-,8+,9+,10+/m0/s1. The van der Waals surface area contributed by atoms with Crippen LogP contribution in [0.5, 0.6) is 0 Å². The van der Waals surface area contributed by atoms with Gasteiger partial charge in [0.2, 0.25) is 0 Å². The summed E-state index contributed by atoms with van der Waals surface area (Å²) in [7, 11) is 1.46. The molecule has 0 aromatic heterocycles. The van der Waals surface area contributed by atoms with Crippen molar-refractivity contribution < 1.29 is 24.4 Å². The van der Waals surface area contributed by atoms with Gasteiger partial charge in [-0.3, -0.25) is 0 Å². The fraction of sp³-hybridized carbons (Fsp3) is 0.800. The van der Waals surface area contributed by atoms with Crippen molar-refractivity contribution in [3.05, 3.63) is 12.7 Å². The van der Waals surface area contributed by atoms with Crippen molar-refractivity contribution in [2.24, 2.45) is 0 Å². The number of methoxy groups -OCH3 is 1. The van der Waals surface area contributed by atoms with Gasteiger partial charge in [-0.2, -0.15) is 0 Å². The van der Waals surface area contributed by atoms with Crippen LogP contribution in [0.1, 0.15) is 6.92 Å². The van der Waals surface area contributed by atoms with Crippen LogP contribution in [0.15, 0.2) is 12.7 Å². The van der Waals surface area contributed by atoms with Gasteiger partial charge in [0.15, 0.2) is 6.29 Å². The van der Waals surface area contributed by atoms with Crippen molar-refractivity contribution in [1.29, 1.82) is 0 Å². The average Bonchev–Trinajstić information content (AvgIpc) is 2.24. The van der Waals surface area contributed by atoms with Crippen molar-refractivity contribution in [3.63, 3.8) is 0 Å². The Morgan fingerprint density at radius 2 is 2.07 bits per heavy atom. The van der Waals surface area contributed by atoms with Gasteiger partial charge in [-0.25, -0.2) is 0 Å². The Balaban J connectivity index is 2.65. The lowest BCUT2D eigenvalue weighted by atomic mass is 10.00. The molecule has 88 valence electrons. The Kier molecular flexibility index (Phi) is 4.69. The second-order valence-corrected chi connectivity index (χ2v) is 3.51. The van der Waals surface area contributed by atoms with E-state index in [9.17, 15) is 10.2 Å². The summed E-state index contributed by atoms with van der Waals surface area (Å²) < 4.78 is 15.7. The van der Waals surface area contributed by atoms with Gasteiger partial charge in [0, 0.05) is 7.11 Å². The van der Waals surface area contributed by atoms with E-state index in [2.05, 4.69) is 6.58 Å². The van der Waals surface area contributed by atoms with E-state index in [1.165, 1.54) is 7.11 Å². The van der Waals surface area contributed by atoms with Gasteiger partial charge in [-0.1, -0.05) is 6.08 Å². The molecular weight excluding hydrogens is 200 g/mol. The Labute approximate surface area is 89.3 Å². The predicted molar refractivity (Wildman–Crippen MR) is 53.3 cm³/mol. The molecule has 2 N–H and O–H groups in total. The van der Waals surface area contributed by atoms with Gasteiger partial charge in [0.25, 0.3) is 0 Å². The zero-order valence-corrected chi connectivity index (χ0v) is 9.00. The molecule has 0 aromatic carbocycles. The molecule has 5 heteroatoms. The third-order valence-electron chi connectivity index (χ3n) is 2.42. The van der Waals surface area contributed by atoms with E-state index in [-0.39, 0.29) is 6.61 Å². The normalized spacial score (nSPS) is 41.5. The lowest BCUT2D eigenvalue weighted by molar-refractivity contribution is -0.294. The van der Waals surface area contributed by atoms with E-state index in [1.807, 2.05) is 0 Å². The van der Waals surface area contributed by atoms with Gasteiger partial charge >= 0.3 is 0 Å². The minimum atomic E-state index is -1.02. The highest BCUT2D eigenvalue weighted by Crippen LogP contribution is 2.23. The van der Waals surface area contributed by atoms with Crippen molar-refractivity contribution >= 4 is 0 Å². The fourth-order valence-electron chi connectivity index (χ4n) is 1.55. The molecule has 5 nitrogen and oxygen atoms in total. The predicted octanol–water partition coefficient (Wildman–Crippen LogP) is -0.329. The Bertz CT molecular complexity index is 206. The molecule has 5 atom stereocenters. The van der Waals surface area contributed by atoms with E-state index < -0.39 is 30.7 Å². The second-order valence-electron chi connectivity index (χ2n) is 3.51. The number of rotatable bonds is 4. The average molecular weight is 218 g/mol. The van der Waals surface area contributed by atoms with E-state index in [0.717, 1.165) is 0 Å². The first-order valence-corrected chi connectivity index (χ1v) is 4.88. The zero-order chi connectivity index (χ0) is 11.4. The summed E-state index contributed by atoms with van der Waals surface area (Å²) in [5.41, 5.74) is 0. The van der Waals surface area contributed by atoms with Crippen LogP contribution in [0, 0.1) is 0 Å². The Morgan fingerprint density at radius 1 is 1.40 bits per heavy atom. The molecular formula is C10H18O5. The maximum absolute atomic E-state index is 9.77. The Hall–Kier alpha value is -0.460. The fourth-order valence-corrected chi connectivity index (χ4v) is 1.55. The molecule has 1 saturated heterocycles. The number of hydrogen-bond donors (Lipinski definition) is 2. The summed E-state index contributed by atoms with van der Waals surface area (Å²) in [5.74, 6) is 0. The van der Waals surface area contributed by atoms with Crippen LogP contribution in [0.3, 0.4) is 0 Å². The highest BCUT2D eigenvalue weighted by atomic mass is 16.7. The van der Waals surface area contributed by atoms with Gasteiger partial charge in [-0.15, -0.1) is 6.58 Å². The molecule has 0 aliphatic carbocycles. The molecule has 1 rings (SSSR count). The van der Waals surface area contributed by atoms with Crippen LogP contribution in [0.25, 0.3) is 0 Å². The first-order valence-electron chi connectivity index (χ1n) is 4.88. The molecule has 0 amide bonds. The lowest BCUT2D eigenvalue weighted by Crippen LogP contribution is -2.58. The molecule has 15 heavy (non-hydrogen) atoms. The first-order chi connectivity index (χ1) is 7.11. The molecule has 0 spiro atoms. The maximum Gasteiger partial charge on any atom is 0.186 e. The molecule has 0 saturated carbocycles. The molecule has 0 unspecified atom stereocenters. The smallest absolute Gasteiger partial charge is 0.186 e. The van der Waals surface area contributed by atoms with Gasteiger partial charge in [0.05, 0.1) is 12.7 Å². The van der Waals surface area contributed by atoms with Crippen molar-refractivity contribution in [2.45, 2.75) is 37.6 Å². The zero-order valence-electron chi connectivity index (χ0n) is 9.00. The third kappa shape index (κ3) is 2.76. The summed E-state index contributed by atoms with van der Waals surface area (Å²) in [6, 6.07) is 0. The molecule has 1 fully saturated rings. The van der Waals surface area contributed by atoms with E-state index >= 15 is 0 Å². The minimum Gasteiger partial charge on any atom is -0.388 e. The van der Waals surface area contributed by atoms with Crippen LogP contribution in [-0.2, 0) is 14.2 Å². The molecule has 1 heterocycles. The number of aliphatic hydroxyl groups is 2. The summed E-state index contributed by atoms with van der Waals surface area (Å²) >= 11 is 0. The first kappa shape index (κ1) is 12.6. The third-order valence-corrected chi connectivity index (χ3v) is 2.42. The minimum absolute atomic E-state index is 0.270. The van der Waals surface area contributed by atoms with Gasteiger partial charge < -0.3 is 24.4 Å².